The summed E-state index contributed by atoms with van der Waals surface area (Å²) in [5, 5.41) is 9.40. The molecule has 0 amide bonds. The molecule has 0 atom stereocenters. The normalized spacial score (nSPS) is 10.4. The molecule has 121 valence electrons. The first-order valence-corrected chi connectivity index (χ1v) is 7.58. The summed E-state index contributed by atoms with van der Waals surface area (Å²) in [6.45, 7) is 2.85. The van der Waals surface area contributed by atoms with E-state index in [0.29, 0.717) is 0 Å². The van der Waals surface area contributed by atoms with Crippen LogP contribution in [0.1, 0.15) is 13.8 Å². The summed E-state index contributed by atoms with van der Waals surface area (Å²) in [5.74, 6) is -0.0625. The molecule has 1 radical (unpaired) electrons. The molecule has 3 rings (SSSR count). The minimum atomic E-state index is -0.125. The van der Waals surface area contributed by atoms with Crippen LogP contribution in [0, 0.1) is 6.07 Å². The second-order valence-electron chi connectivity index (χ2n) is 4.66. The first-order chi connectivity index (χ1) is 10.6. The maximum Gasteiger partial charge on any atom is 0.155 e. The molecule has 23 heavy (non-hydrogen) atoms. The summed E-state index contributed by atoms with van der Waals surface area (Å²) in [6.07, 6.45) is 1.17. The third-order valence-corrected chi connectivity index (χ3v) is 3.72. The van der Waals surface area contributed by atoms with Crippen LogP contribution in [0.2, 0.25) is 0 Å². The van der Waals surface area contributed by atoms with Crippen LogP contribution in [-0.4, -0.2) is 15.9 Å². The van der Waals surface area contributed by atoms with Gasteiger partial charge in [0, 0.05) is 35.9 Å². The molecule has 0 saturated heterocycles. The second-order valence-corrected chi connectivity index (χ2v) is 5.69. The minimum absolute atomic E-state index is 0. The van der Waals surface area contributed by atoms with Crippen molar-refractivity contribution in [3.05, 3.63) is 66.4 Å². The summed E-state index contributed by atoms with van der Waals surface area (Å²) in [4.78, 5) is 14.6. The number of allylic oxidation sites excluding steroid dienone is 2. The zero-order chi connectivity index (χ0) is 15.9. The Morgan fingerprint density at radius 3 is 2.39 bits per heavy atom. The Balaban J connectivity index is 0.000000287. The predicted octanol–water partition coefficient (Wildman–Crippen LogP) is 4.80. The Labute approximate surface area is 153 Å². The Bertz CT molecular complexity index is 760. The number of hydrogen-bond acceptors (Lipinski definition) is 4. The number of nitrogens with zero attached hydrogens (tertiary/aromatic N) is 1. The van der Waals surface area contributed by atoms with Gasteiger partial charge >= 0.3 is 0 Å². The molecule has 0 unspecified atom stereocenters. The number of carbonyl (C=O) groups excluding carboxylic acids is 1. The fourth-order valence-corrected chi connectivity index (χ4v) is 2.76. The van der Waals surface area contributed by atoms with Crippen molar-refractivity contribution in [3.63, 3.8) is 0 Å². The van der Waals surface area contributed by atoms with Crippen LogP contribution < -0.4 is 0 Å². The number of benzene rings is 2. The van der Waals surface area contributed by atoms with Gasteiger partial charge in [-0.05, 0) is 26.0 Å². The fraction of sp³-hybridized carbons (Fsp3) is 0.111. The molecule has 0 bridgehead atoms. The zero-order valence-electron chi connectivity index (χ0n) is 12.7. The molecule has 0 aliphatic carbocycles. The van der Waals surface area contributed by atoms with Gasteiger partial charge in [-0.15, -0.1) is 35.9 Å². The molecule has 0 spiro atoms. The predicted molar refractivity (Wildman–Crippen MR) is 91.0 cm³/mol. The van der Waals surface area contributed by atoms with E-state index < -0.39 is 0 Å². The molecule has 0 aliphatic heterocycles. The number of carbonyl (C=O) groups is 1. The summed E-state index contributed by atoms with van der Waals surface area (Å²) in [7, 11) is 0. The van der Waals surface area contributed by atoms with Crippen molar-refractivity contribution < 1.29 is 30.0 Å². The van der Waals surface area contributed by atoms with Gasteiger partial charge in [-0.3, -0.25) is 9.78 Å². The second kappa shape index (κ2) is 9.36. The van der Waals surface area contributed by atoms with E-state index in [1.165, 1.54) is 24.6 Å². The molecule has 0 aliphatic rings. The molecular weight excluding hydrogens is 486 g/mol. The van der Waals surface area contributed by atoms with Crippen LogP contribution in [-0.2, 0) is 24.9 Å². The van der Waals surface area contributed by atoms with Crippen molar-refractivity contribution in [1.29, 1.82) is 0 Å². The molecule has 1 N–H and O–H groups in total. The van der Waals surface area contributed by atoms with Crippen molar-refractivity contribution in [1.82, 2.24) is 4.98 Å². The van der Waals surface area contributed by atoms with Crippen LogP contribution in [0.15, 0.2) is 60.4 Å². The van der Waals surface area contributed by atoms with Gasteiger partial charge in [-0.2, -0.15) is 11.3 Å². The standard InChI is InChI=1S/C13H8NS.C5H8O2.Ir/c1-2-6-10(7-3-1)13-14-11-8-4-5-9-12(11)15-13;1-4(6)3-5(2)7;/h1-6,8-9H;3,6H,1-2H3;/q-1;;. The molecule has 5 heteroatoms. The Morgan fingerprint density at radius 1 is 1.17 bits per heavy atom. The topological polar surface area (TPSA) is 50.2 Å². The van der Waals surface area contributed by atoms with Gasteiger partial charge in [-0.1, -0.05) is 12.1 Å². The minimum Gasteiger partial charge on any atom is -0.512 e. The van der Waals surface area contributed by atoms with Gasteiger partial charge in [0.05, 0.1) is 11.3 Å². The average Bonchev–Trinajstić information content (AvgIpc) is 2.91. The Kier molecular flexibility index (Phi) is 7.82. The van der Waals surface area contributed by atoms with Gasteiger partial charge in [0.15, 0.2) is 5.78 Å². The number of aliphatic hydroxyl groups is 1. The number of hydrogen-bond donors (Lipinski definition) is 1. The zero-order valence-corrected chi connectivity index (χ0v) is 16.0. The monoisotopic (exact) mass is 503 g/mol. The van der Waals surface area contributed by atoms with Crippen molar-refractivity contribution in [2.75, 3.05) is 0 Å². The molecule has 2 aromatic carbocycles. The number of rotatable bonds is 2. The van der Waals surface area contributed by atoms with E-state index in [1.807, 2.05) is 42.5 Å². The van der Waals surface area contributed by atoms with Crippen LogP contribution in [0.3, 0.4) is 0 Å². The number of fused-ring (bicyclic) bond motifs is 1. The summed E-state index contributed by atoms with van der Waals surface area (Å²) in [5.41, 5.74) is 2.13. The van der Waals surface area contributed by atoms with E-state index in [2.05, 4.69) is 17.1 Å². The third-order valence-electron chi connectivity index (χ3n) is 2.65. The molecule has 3 aromatic rings. The number of aliphatic hydroxyl groups excluding tert-OH is 1. The summed E-state index contributed by atoms with van der Waals surface area (Å²) < 4.78 is 1.23. The van der Waals surface area contributed by atoms with Crippen molar-refractivity contribution in [2.24, 2.45) is 0 Å². The van der Waals surface area contributed by atoms with Gasteiger partial charge in [0.2, 0.25) is 0 Å². The van der Waals surface area contributed by atoms with E-state index in [4.69, 9.17) is 5.11 Å². The van der Waals surface area contributed by atoms with Crippen LogP contribution >= 0.6 is 11.3 Å². The van der Waals surface area contributed by atoms with Crippen molar-refractivity contribution in [2.45, 2.75) is 13.8 Å². The maximum atomic E-state index is 10.0. The van der Waals surface area contributed by atoms with Crippen LogP contribution in [0.4, 0.5) is 0 Å². The molecule has 3 nitrogen and oxygen atoms in total. The van der Waals surface area contributed by atoms with Gasteiger partial charge < -0.3 is 5.11 Å². The van der Waals surface area contributed by atoms with Crippen LogP contribution in [0.5, 0.6) is 0 Å². The smallest absolute Gasteiger partial charge is 0.155 e. The van der Waals surface area contributed by atoms with E-state index in [1.54, 1.807) is 11.3 Å². The SMILES string of the molecule is CC(=O)C=C(C)O.[Ir].[c-]1ccccc1-c1nc2ccccc2s1. The van der Waals surface area contributed by atoms with Crippen molar-refractivity contribution >= 4 is 27.3 Å². The van der Waals surface area contributed by atoms with Gasteiger partial charge in [0.25, 0.3) is 0 Å². The molecule has 0 saturated carbocycles. The average molecular weight is 503 g/mol. The van der Waals surface area contributed by atoms with E-state index >= 15 is 0 Å². The summed E-state index contributed by atoms with van der Waals surface area (Å²) >= 11 is 1.71. The molecule has 1 heterocycles. The van der Waals surface area contributed by atoms with Crippen molar-refractivity contribution in [3.8, 4) is 10.6 Å². The van der Waals surface area contributed by atoms with E-state index in [0.717, 1.165) is 16.1 Å². The largest absolute Gasteiger partial charge is 0.512 e. The number of aromatic nitrogens is 1. The number of thiazole rings is 1. The fourth-order valence-electron chi connectivity index (χ4n) is 1.81. The summed E-state index contributed by atoms with van der Waals surface area (Å²) in [6, 6.07) is 19.3. The first-order valence-electron chi connectivity index (χ1n) is 6.77. The van der Waals surface area contributed by atoms with Gasteiger partial charge in [-0.25, -0.2) is 0 Å². The van der Waals surface area contributed by atoms with Crippen LogP contribution in [0.25, 0.3) is 20.8 Å². The maximum absolute atomic E-state index is 10.0. The molecule has 0 fully saturated rings. The van der Waals surface area contributed by atoms with E-state index in [-0.39, 0.29) is 31.6 Å². The first kappa shape index (κ1) is 19.2. The quantitative estimate of drug-likeness (QED) is 0.311. The Hall–Kier alpha value is -1.81. The molecule has 1 aromatic heterocycles. The number of para-hydroxylation sites is 1. The Morgan fingerprint density at radius 2 is 1.87 bits per heavy atom. The molecular formula is C18H16IrNO2S-. The number of ketones is 1. The van der Waals surface area contributed by atoms with Gasteiger partial charge in [0.1, 0.15) is 0 Å². The van der Waals surface area contributed by atoms with E-state index in [9.17, 15) is 4.79 Å². The third kappa shape index (κ3) is 6.06.